The number of hydrogen-bond acceptors (Lipinski definition) is 2. The van der Waals surface area contributed by atoms with E-state index in [9.17, 15) is 14.0 Å². The third-order valence-electron chi connectivity index (χ3n) is 4.35. The Labute approximate surface area is 173 Å². The van der Waals surface area contributed by atoms with Crippen LogP contribution in [0.1, 0.15) is 27.1 Å². The van der Waals surface area contributed by atoms with Gasteiger partial charge in [0.1, 0.15) is 5.82 Å². The van der Waals surface area contributed by atoms with Gasteiger partial charge in [-0.25, -0.2) is 4.39 Å². The van der Waals surface area contributed by atoms with E-state index >= 15 is 0 Å². The molecule has 0 aliphatic rings. The van der Waals surface area contributed by atoms with Crippen LogP contribution in [0.3, 0.4) is 0 Å². The first kappa shape index (κ1) is 20.6. The summed E-state index contributed by atoms with van der Waals surface area (Å²) in [6.07, 6.45) is 0.537. The number of anilines is 1. The van der Waals surface area contributed by atoms with Crippen molar-refractivity contribution >= 4 is 29.1 Å². The molecule has 148 valence electrons. The molecule has 0 fully saturated rings. The van der Waals surface area contributed by atoms with Crippen molar-refractivity contribution in [2.45, 2.75) is 6.42 Å². The molecule has 0 spiro atoms. The largest absolute Gasteiger partial charge is 0.352 e. The van der Waals surface area contributed by atoms with Gasteiger partial charge in [-0.1, -0.05) is 29.8 Å². The molecule has 3 aromatic carbocycles. The quantitative estimate of drug-likeness (QED) is 0.560. The number of nitrogens with one attached hydrogen (secondary N) is 1. The van der Waals surface area contributed by atoms with Crippen LogP contribution in [0.25, 0.3) is 0 Å². The van der Waals surface area contributed by atoms with Crippen LogP contribution in [0.2, 0.25) is 5.02 Å². The molecule has 1 N–H and O–H groups in total. The van der Waals surface area contributed by atoms with Crippen molar-refractivity contribution in [2.24, 2.45) is 0 Å². The van der Waals surface area contributed by atoms with E-state index in [1.165, 1.54) is 12.1 Å². The molecular weight excluding hydrogens is 391 g/mol. The van der Waals surface area contributed by atoms with Gasteiger partial charge < -0.3 is 10.2 Å². The maximum Gasteiger partial charge on any atom is 0.258 e. The lowest BCUT2D eigenvalue weighted by molar-refractivity contribution is 0.0953. The second-order valence-corrected chi connectivity index (χ2v) is 6.85. The summed E-state index contributed by atoms with van der Waals surface area (Å²) in [7, 11) is 0. The minimum absolute atomic E-state index is 0.179. The predicted molar refractivity (Wildman–Crippen MR) is 113 cm³/mol. The average Bonchev–Trinajstić information content (AvgIpc) is 2.75. The summed E-state index contributed by atoms with van der Waals surface area (Å²) in [6.45, 7) is 0.765. The Bertz CT molecular complexity index is 960. The molecule has 29 heavy (non-hydrogen) atoms. The molecule has 0 heterocycles. The molecule has 0 radical (unpaired) electrons. The van der Waals surface area contributed by atoms with Crippen LogP contribution in [0.15, 0.2) is 78.9 Å². The fraction of sp³-hybridized carbons (Fsp3) is 0.130. The number of amides is 2. The zero-order chi connectivity index (χ0) is 20.6. The fourth-order valence-electron chi connectivity index (χ4n) is 2.85. The maximum absolute atomic E-state index is 13.3. The van der Waals surface area contributed by atoms with Crippen molar-refractivity contribution in [1.82, 2.24) is 5.32 Å². The number of hydrogen-bond donors (Lipinski definition) is 1. The highest BCUT2D eigenvalue weighted by atomic mass is 35.5. The predicted octanol–water partition coefficient (Wildman–Crippen LogP) is 4.95. The van der Waals surface area contributed by atoms with Crippen LogP contribution in [-0.2, 0) is 0 Å². The SMILES string of the molecule is O=C(NCCCN(C(=O)c1ccccc1)c1ccc(F)cc1)c1ccc(Cl)cc1. The van der Waals surface area contributed by atoms with Crippen LogP contribution in [-0.4, -0.2) is 24.9 Å². The second-order valence-electron chi connectivity index (χ2n) is 6.42. The fourth-order valence-corrected chi connectivity index (χ4v) is 2.97. The van der Waals surface area contributed by atoms with Gasteiger partial charge in [0.15, 0.2) is 0 Å². The monoisotopic (exact) mass is 410 g/mol. The smallest absolute Gasteiger partial charge is 0.258 e. The van der Waals surface area contributed by atoms with E-state index in [2.05, 4.69) is 5.32 Å². The number of halogens is 2. The molecule has 0 unspecified atom stereocenters. The van der Waals surface area contributed by atoms with Gasteiger partial charge in [-0.2, -0.15) is 0 Å². The van der Waals surface area contributed by atoms with Crippen molar-refractivity contribution in [3.8, 4) is 0 Å². The lowest BCUT2D eigenvalue weighted by atomic mass is 10.1. The first-order valence-corrected chi connectivity index (χ1v) is 9.58. The van der Waals surface area contributed by atoms with E-state index in [4.69, 9.17) is 11.6 Å². The third-order valence-corrected chi connectivity index (χ3v) is 4.61. The van der Waals surface area contributed by atoms with Gasteiger partial charge in [-0.15, -0.1) is 0 Å². The van der Waals surface area contributed by atoms with Gasteiger partial charge in [0.05, 0.1) is 0 Å². The molecule has 0 saturated heterocycles. The summed E-state index contributed by atoms with van der Waals surface area (Å²) in [6, 6.07) is 21.3. The lowest BCUT2D eigenvalue weighted by Gasteiger charge is -2.23. The minimum atomic E-state index is -0.365. The van der Waals surface area contributed by atoms with Crippen molar-refractivity contribution in [2.75, 3.05) is 18.0 Å². The molecule has 0 bridgehead atoms. The topological polar surface area (TPSA) is 49.4 Å². The third kappa shape index (κ3) is 5.65. The molecule has 0 aliphatic carbocycles. The molecule has 0 aromatic heterocycles. The van der Waals surface area contributed by atoms with Gasteiger partial charge in [-0.3, -0.25) is 9.59 Å². The van der Waals surface area contributed by atoms with Crippen LogP contribution in [0, 0.1) is 5.82 Å². The number of rotatable bonds is 7. The Kier molecular flexibility index (Phi) is 6.98. The molecular formula is C23H20ClFN2O2. The lowest BCUT2D eigenvalue weighted by Crippen LogP contribution is -2.34. The first-order valence-electron chi connectivity index (χ1n) is 9.21. The minimum Gasteiger partial charge on any atom is -0.352 e. The van der Waals surface area contributed by atoms with E-state index < -0.39 is 0 Å². The van der Waals surface area contributed by atoms with Gasteiger partial charge in [-0.05, 0) is 67.1 Å². The summed E-state index contributed by atoms with van der Waals surface area (Å²) in [5.41, 5.74) is 1.66. The Balaban J connectivity index is 1.64. The molecule has 3 rings (SSSR count). The Morgan fingerprint density at radius 3 is 2.17 bits per heavy atom. The van der Waals surface area contributed by atoms with Crippen LogP contribution >= 0.6 is 11.6 Å². The van der Waals surface area contributed by atoms with Gasteiger partial charge in [0, 0.05) is 34.9 Å². The normalized spacial score (nSPS) is 10.4. The first-order chi connectivity index (χ1) is 14.0. The molecule has 4 nitrogen and oxygen atoms in total. The van der Waals surface area contributed by atoms with Crippen molar-refractivity contribution in [3.63, 3.8) is 0 Å². The highest BCUT2D eigenvalue weighted by Crippen LogP contribution is 2.18. The number of carbonyl (C=O) groups is 2. The molecule has 2 amide bonds. The number of benzene rings is 3. The van der Waals surface area contributed by atoms with Crippen molar-refractivity contribution in [3.05, 3.63) is 101 Å². The van der Waals surface area contributed by atoms with Crippen molar-refractivity contribution < 1.29 is 14.0 Å². The Morgan fingerprint density at radius 1 is 0.862 bits per heavy atom. The van der Waals surface area contributed by atoms with E-state index in [-0.39, 0.29) is 17.6 Å². The second kappa shape index (κ2) is 9.85. The zero-order valence-corrected chi connectivity index (χ0v) is 16.4. The van der Waals surface area contributed by atoms with Gasteiger partial charge >= 0.3 is 0 Å². The average molecular weight is 411 g/mol. The summed E-state index contributed by atoms with van der Waals surface area (Å²) in [5, 5.41) is 3.40. The van der Waals surface area contributed by atoms with E-state index in [1.54, 1.807) is 65.6 Å². The number of carbonyl (C=O) groups excluding carboxylic acids is 2. The van der Waals surface area contributed by atoms with Gasteiger partial charge in [0.25, 0.3) is 11.8 Å². The summed E-state index contributed by atoms with van der Waals surface area (Å²) >= 11 is 5.83. The number of nitrogens with zero attached hydrogens (tertiary/aromatic N) is 1. The van der Waals surface area contributed by atoms with E-state index in [1.807, 2.05) is 6.07 Å². The van der Waals surface area contributed by atoms with Crippen LogP contribution in [0.5, 0.6) is 0 Å². The molecule has 0 saturated carbocycles. The highest BCUT2D eigenvalue weighted by Gasteiger charge is 2.17. The van der Waals surface area contributed by atoms with Gasteiger partial charge in [0.2, 0.25) is 0 Å². The standard InChI is InChI=1S/C23H20ClFN2O2/c24-19-9-7-17(8-10-19)22(28)26-15-4-16-27(21-13-11-20(25)12-14-21)23(29)18-5-2-1-3-6-18/h1-3,5-14H,4,15-16H2,(H,26,28). The zero-order valence-electron chi connectivity index (χ0n) is 15.6. The highest BCUT2D eigenvalue weighted by molar-refractivity contribution is 6.30. The molecule has 0 aliphatic heterocycles. The molecule has 0 atom stereocenters. The summed E-state index contributed by atoms with van der Waals surface area (Å²) < 4.78 is 13.3. The Hall–Kier alpha value is -3.18. The van der Waals surface area contributed by atoms with Crippen LogP contribution < -0.4 is 10.2 Å². The molecule has 6 heteroatoms. The Morgan fingerprint density at radius 2 is 1.52 bits per heavy atom. The van der Waals surface area contributed by atoms with E-state index in [0.717, 1.165) is 0 Å². The summed E-state index contributed by atoms with van der Waals surface area (Å²) in [5.74, 6) is -0.748. The van der Waals surface area contributed by atoms with Crippen molar-refractivity contribution in [1.29, 1.82) is 0 Å². The van der Waals surface area contributed by atoms with Crippen LogP contribution in [0.4, 0.5) is 10.1 Å². The maximum atomic E-state index is 13.3. The molecule has 3 aromatic rings. The van der Waals surface area contributed by atoms with E-state index in [0.29, 0.717) is 41.3 Å². The summed E-state index contributed by atoms with van der Waals surface area (Å²) in [4.78, 5) is 26.7.